The summed E-state index contributed by atoms with van der Waals surface area (Å²) in [7, 11) is 0. The molecule has 11 aromatic carbocycles. The average molecular weight is 1170 g/mol. The van der Waals surface area contributed by atoms with Gasteiger partial charge in [-0.05, 0) is 136 Å². The van der Waals surface area contributed by atoms with E-state index in [0.29, 0.717) is 140 Å². The molecule has 0 N–H and O–H groups in total. The monoisotopic (exact) mass is 1170 g/mol. The molecule has 418 valence electrons. The number of rotatable bonds is 9. The van der Waals surface area contributed by atoms with Crippen LogP contribution in [0.3, 0.4) is 0 Å². The normalized spacial score (nSPS) is 10.7. The van der Waals surface area contributed by atoms with Crippen molar-refractivity contribution in [2.75, 3.05) is 0 Å². The molecule has 3 aromatic heterocycles. The molecule has 0 unspecified atom stereocenters. The van der Waals surface area contributed by atoms with Gasteiger partial charge in [-0.15, -0.1) is 0 Å². The first kappa shape index (κ1) is 55.3. The van der Waals surface area contributed by atoms with Gasteiger partial charge in [0.2, 0.25) is 0 Å². The van der Waals surface area contributed by atoms with Gasteiger partial charge in [-0.1, -0.05) is 127 Å². The Labute approximate surface area is 526 Å². The van der Waals surface area contributed by atoms with Crippen LogP contribution >= 0.6 is 0 Å². The highest BCUT2D eigenvalue weighted by molar-refractivity contribution is 6.15. The van der Waals surface area contributed by atoms with Crippen LogP contribution in [-0.4, -0.2) is 24.1 Å². The minimum atomic E-state index is 0.248. The number of nitriles is 4. The first-order valence-electron chi connectivity index (χ1n) is 28.4. The molecule has 0 aliphatic rings. The predicted molar refractivity (Wildman–Crippen MR) is 357 cm³/mol. The van der Waals surface area contributed by atoms with Crippen molar-refractivity contribution in [1.29, 1.82) is 21.0 Å². The van der Waals surface area contributed by atoms with Gasteiger partial charge in [0.05, 0.1) is 102 Å². The van der Waals surface area contributed by atoms with E-state index >= 15 is 0 Å². The van der Waals surface area contributed by atoms with Crippen molar-refractivity contribution in [1.82, 2.24) is 24.1 Å². The van der Waals surface area contributed by atoms with Gasteiger partial charge in [-0.2, -0.15) is 21.0 Å². The molecule has 3 heterocycles. The van der Waals surface area contributed by atoms with E-state index in [4.69, 9.17) is 47.8 Å². The fraction of sp³-hybridized carbons (Fsp3) is 0. The van der Waals surface area contributed by atoms with Gasteiger partial charge in [-0.3, -0.25) is 0 Å². The Bertz CT molecular complexity index is 5330. The smallest absolute Gasteiger partial charge is 0.196 e. The third-order valence-electron chi connectivity index (χ3n) is 16.4. The number of hydrogen-bond acceptors (Lipinski definition) is 7. The molecule has 0 aliphatic carbocycles. The van der Waals surface area contributed by atoms with Crippen LogP contribution < -0.4 is 0 Å². The van der Waals surface area contributed by atoms with E-state index < -0.39 is 0 Å². The summed E-state index contributed by atoms with van der Waals surface area (Å²) >= 11 is 0. The zero-order chi connectivity index (χ0) is 63.1. The van der Waals surface area contributed by atoms with E-state index in [9.17, 15) is 21.0 Å². The van der Waals surface area contributed by atoms with Crippen LogP contribution in [0.4, 0.5) is 28.4 Å². The van der Waals surface area contributed by atoms with E-state index in [-0.39, 0.29) is 22.8 Å². The van der Waals surface area contributed by atoms with Crippen LogP contribution in [0.2, 0.25) is 0 Å². The quantitative estimate of drug-likeness (QED) is 0.130. The summed E-state index contributed by atoms with van der Waals surface area (Å²) in [5, 5.41) is 44.7. The van der Waals surface area contributed by atoms with E-state index in [2.05, 4.69) is 57.6 Å². The first-order valence-corrected chi connectivity index (χ1v) is 28.4. The zero-order valence-corrected chi connectivity index (χ0v) is 48.0. The number of hydrogen-bond donors (Lipinski definition) is 0. The van der Waals surface area contributed by atoms with Crippen molar-refractivity contribution >= 4 is 72.0 Å². The highest BCUT2D eigenvalue weighted by Gasteiger charge is 2.28. The summed E-state index contributed by atoms with van der Waals surface area (Å²) in [6.07, 6.45) is 0. The molecule has 0 aliphatic heterocycles. The van der Waals surface area contributed by atoms with Crippen molar-refractivity contribution in [3.05, 3.63) is 298 Å². The zero-order valence-electron chi connectivity index (χ0n) is 48.0. The van der Waals surface area contributed by atoms with Gasteiger partial charge < -0.3 is 9.13 Å². The Morgan fingerprint density at radius 2 is 0.674 bits per heavy atom. The summed E-state index contributed by atoms with van der Waals surface area (Å²) in [6, 6.07) is 75.7. The molecule has 0 fully saturated rings. The molecule has 0 spiro atoms. The molecule has 14 heteroatoms. The van der Waals surface area contributed by atoms with Crippen molar-refractivity contribution < 1.29 is 0 Å². The number of fused-ring (bicyclic) bond motifs is 6. The second kappa shape index (κ2) is 22.7. The van der Waals surface area contributed by atoms with Crippen molar-refractivity contribution in [3.8, 4) is 114 Å². The number of benzene rings is 11. The predicted octanol–water partition coefficient (Wildman–Crippen LogP) is 20.0. The second-order valence-electron chi connectivity index (χ2n) is 21.4. The molecule has 0 amide bonds. The average Bonchev–Trinajstić information content (AvgIpc) is 1.52. The highest BCUT2D eigenvalue weighted by atomic mass is 15.1. The number of nitrogens with zero attached hydrogens (tertiary/aromatic N) is 14. The van der Waals surface area contributed by atoms with Crippen LogP contribution in [-0.2, 0) is 0 Å². The van der Waals surface area contributed by atoms with E-state index in [1.165, 1.54) is 0 Å². The van der Waals surface area contributed by atoms with Gasteiger partial charge >= 0.3 is 0 Å². The van der Waals surface area contributed by atoms with Crippen LogP contribution in [0, 0.1) is 78.2 Å². The van der Waals surface area contributed by atoms with Gasteiger partial charge in [0.15, 0.2) is 45.9 Å². The van der Waals surface area contributed by atoms with Crippen LogP contribution in [0.25, 0.3) is 158 Å². The minimum absolute atomic E-state index is 0.248. The van der Waals surface area contributed by atoms with E-state index in [0.717, 1.165) is 21.5 Å². The minimum Gasteiger partial charge on any atom is -0.308 e. The topological polar surface area (TPSA) is 165 Å². The summed E-state index contributed by atoms with van der Waals surface area (Å²) in [5.74, 6) is 0.992. The second-order valence-corrected chi connectivity index (χ2v) is 21.4. The van der Waals surface area contributed by atoms with Crippen molar-refractivity contribution in [2.24, 2.45) is 0 Å². The Balaban J connectivity index is 1.14. The molecular formula is C78H36N14. The van der Waals surface area contributed by atoms with E-state index in [1.807, 2.05) is 146 Å². The lowest BCUT2D eigenvalue weighted by molar-refractivity contribution is 1.05. The Kier molecular flexibility index (Phi) is 13.6. The Hall–Kier alpha value is -14.6. The highest BCUT2D eigenvalue weighted by Crippen LogP contribution is 2.47. The molecule has 0 radical (unpaired) electrons. The third-order valence-corrected chi connectivity index (χ3v) is 16.4. The standard InChI is InChI=1S/C78H36N14/c1-83-56-22-26-58(55(36-56)45-82)51-18-28-69-62(37-51)63-40-54(61-27-23-57(84-2)41-68(61)87-5)21-31-70(63)91(69)73-34-48(44-81)35-74(75(73)78-89-76(49-12-8-6-9-13-49)88-77(90-78)50-14-10-7-11-15-50)92-71-29-19-52(59-24-16-46(42-79)32-66(59)85-3)38-64(71)65-39-53(20-30-72(65)92)60-25-17-47(43-80)33-67(60)86-4/h6-41H. The molecule has 14 aromatic rings. The largest absolute Gasteiger partial charge is 0.308 e. The third kappa shape index (κ3) is 9.35. The van der Waals surface area contributed by atoms with Crippen molar-refractivity contribution in [2.45, 2.75) is 0 Å². The van der Waals surface area contributed by atoms with Gasteiger partial charge in [0.1, 0.15) is 0 Å². The molecule has 0 saturated heterocycles. The Morgan fingerprint density at radius 3 is 1.07 bits per heavy atom. The van der Waals surface area contributed by atoms with Crippen LogP contribution in [0.5, 0.6) is 0 Å². The van der Waals surface area contributed by atoms with Gasteiger partial charge in [0.25, 0.3) is 0 Å². The fourth-order valence-electron chi connectivity index (χ4n) is 12.2. The maximum Gasteiger partial charge on any atom is 0.196 e. The number of aromatic nitrogens is 5. The molecule has 0 saturated carbocycles. The molecule has 14 rings (SSSR count). The fourth-order valence-corrected chi connectivity index (χ4v) is 12.2. The van der Waals surface area contributed by atoms with Crippen LogP contribution in [0.1, 0.15) is 22.3 Å². The SMILES string of the molecule is [C-]#[N+]c1ccc(-c2ccc3c(c2)c2cc(-c4ccc([N+]#[C-])cc4[N+]#[C-])ccc2n3-c2cc(C#N)cc(-n3c4ccc(-c5ccc(C#N)cc5[N+]#[C-])cc4c4cc(-c5ccc(C#N)cc5[N+]#[C-])ccc43)c2-c2nc(-c3ccccc3)nc(-c3ccccc3)n2)c(C#N)c1. The van der Waals surface area contributed by atoms with Crippen LogP contribution in [0.15, 0.2) is 218 Å². The lowest BCUT2D eigenvalue weighted by atomic mass is 9.97. The lowest BCUT2D eigenvalue weighted by Gasteiger charge is -2.21. The summed E-state index contributed by atoms with van der Waals surface area (Å²) in [5.41, 5.74) is 13.6. The Morgan fingerprint density at radius 1 is 0.304 bits per heavy atom. The molecule has 0 bridgehead atoms. The van der Waals surface area contributed by atoms with Gasteiger partial charge in [0, 0.05) is 49.4 Å². The maximum atomic E-state index is 11.5. The molecular weight excluding hydrogens is 1130 g/mol. The molecule has 0 atom stereocenters. The first-order chi connectivity index (χ1) is 45.2. The molecule has 92 heavy (non-hydrogen) atoms. The lowest BCUT2D eigenvalue weighted by Crippen LogP contribution is -2.08. The summed E-state index contributed by atoms with van der Waals surface area (Å²) in [6.45, 7) is 40.1. The van der Waals surface area contributed by atoms with E-state index in [1.54, 1.807) is 72.8 Å². The van der Waals surface area contributed by atoms with Gasteiger partial charge in [-0.25, -0.2) is 39.2 Å². The summed E-state index contributed by atoms with van der Waals surface area (Å²) in [4.78, 5) is 34.7. The van der Waals surface area contributed by atoms with Crippen molar-refractivity contribution in [3.63, 3.8) is 0 Å². The maximum absolute atomic E-state index is 11.5. The molecule has 14 nitrogen and oxygen atoms in total. The summed E-state index contributed by atoms with van der Waals surface area (Å²) < 4.78 is 4.16.